The van der Waals surface area contributed by atoms with Crippen LogP contribution in [-0.4, -0.2) is 30.8 Å². The van der Waals surface area contributed by atoms with Crippen molar-refractivity contribution in [3.63, 3.8) is 0 Å². The van der Waals surface area contributed by atoms with Crippen molar-refractivity contribution in [1.82, 2.24) is 4.98 Å². The van der Waals surface area contributed by atoms with E-state index < -0.39 is 0 Å². The molecular weight excluding hydrogens is 214 g/mol. The number of pyridine rings is 1. The van der Waals surface area contributed by atoms with Gasteiger partial charge in [0.15, 0.2) is 0 Å². The second kappa shape index (κ2) is 4.53. The Hall–Kier alpha value is -1.29. The molecule has 1 aliphatic carbocycles. The van der Waals surface area contributed by atoms with Crippen molar-refractivity contribution in [2.24, 2.45) is 5.92 Å². The van der Waals surface area contributed by atoms with E-state index in [1.807, 2.05) is 25.2 Å². The first-order valence-electron chi connectivity index (χ1n) is 6.40. The topological polar surface area (TPSA) is 46.2 Å². The van der Waals surface area contributed by atoms with Gasteiger partial charge in [-0.1, -0.05) is 6.07 Å². The highest BCUT2D eigenvalue weighted by Gasteiger charge is 2.40. The number of aromatic nitrogens is 1. The molecule has 1 saturated carbocycles. The first-order valence-corrected chi connectivity index (χ1v) is 6.40. The molecule has 0 bridgehead atoms. The van der Waals surface area contributed by atoms with E-state index in [1.54, 1.807) is 0 Å². The lowest BCUT2D eigenvalue weighted by Gasteiger charge is -2.20. The Morgan fingerprint density at radius 1 is 1.24 bits per heavy atom. The maximum atomic E-state index is 5.81. The summed E-state index contributed by atoms with van der Waals surface area (Å²) in [7, 11) is 1.89. The van der Waals surface area contributed by atoms with Gasteiger partial charge in [-0.2, -0.15) is 0 Å². The van der Waals surface area contributed by atoms with Crippen molar-refractivity contribution in [1.29, 1.82) is 0 Å². The van der Waals surface area contributed by atoms with Crippen LogP contribution < -0.4 is 10.6 Å². The first-order chi connectivity index (χ1) is 8.36. The van der Waals surface area contributed by atoms with Gasteiger partial charge in [-0.15, -0.1) is 0 Å². The molecule has 1 aliphatic heterocycles. The molecule has 17 heavy (non-hydrogen) atoms. The van der Waals surface area contributed by atoms with Crippen LogP contribution in [0.4, 0.5) is 11.6 Å². The third kappa shape index (κ3) is 2.36. The molecule has 0 aromatic carbocycles. The minimum Gasteiger partial charge on any atom is -0.376 e. The highest BCUT2D eigenvalue weighted by Crippen LogP contribution is 2.39. The lowest BCUT2D eigenvalue weighted by Crippen LogP contribution is -2.31. The molecule has 1 aromatic heterocycles. The highest BCUT2D eigenvalue weighted by molar-refractivity contribution is 5.45. The molecule has 2 heterocycles. The van der Waals surface area contributed by atoms with Gasteiger partial charge in [-0.25, -0.2) is 4.98 Å². The van der Waals surface area contributed by atoms with Gasteiger partial charge in [0.2, 0.25) is 0 Å². The number of hydrogen-bond donors (Lipinski definition) is 2. The molecule has 3 rings (SSSR count). The van der Waals surface area contributed by atoms with Crippen molar-refractivity contribution in [3.05, 3.63) is 18.2 Å². The van der Waals surface area contributed by atoms with Crippen LogP contribution in [0.2, 0.25) is 0 Å². The van der Waals surface area contributed by atoms with Crippen molar-refractivity contribution >= 4 is 11.6 Å². The van der Waals surface area contributed by atoms with Crippen molar-refractivity contribution in [3.8, 4) is 0 Å². The monoisotopic (exact) mass is 233 g/mol. The van der Waals surface area contributed by atoms with Gasteiger partial charge in [0.1, 0.15) is 11.6 Å². The van der Waals surface area contributed by atoms with E-state index in [9.17, 15) is 0 Å². The summed E-state index contributed by atoms with van der Waals surface area (Å²) in [5, 5.41) is 6.57. The van der Waals surface area contributed by atoms with Gasteiger partial charge in [0.25, 0.3) is 0 Å². The summed E-state index contributed by atoms with van der Waals surface area (Å²) in [5.74, 6) is 2.62. The summed E-state index contributed by atoms with van der Waals surface area (Å²) in [6.45, 7) is 0.880. The van der Waals surface area contributed by atoms with Crippen LogP contribution in [0, 0.1) is 5.92 Å². The van der Waals surface area contributed by atoms with E-state index in [0.29, 0.717) is 12.1 Å². The molecule has 2 N–H and O–H groups in total. The Morgan fingerprint density at radius 3 is 2.82 bits per heavy atom. The normalized spacial score (nSPS) is 28.1. The number of ether oxygens (including phenoxy) is 1. The predicted octanol–water partition coefficient (Wildman–Crippen LogP) is 2.10. The van der Waals surface area contributed by atoms with Crippen molar-refractivity contribution in [2.45, 2.75) is 31.4 Å². The lowest BCUT2D eigenvalue weighted by molar-refractivity contribution is 0.0898. The summed E-state index contributed by atoms with van der Waals surface area (Å²) in [6.07, 6.45) is 4.14. The molecule has 4 nitrogen and oxygen atoms in total. The predicted molar refractivity (Wildman–Crippen MR) is 68.3 cm³/mol. The van der Waals surface area contributed by atoms with E-state index in [2.05, 4.69) is 15.6 Å². The fraction of sp³-hybridized carbons (Fsp3) is 0.615. The van der Waals surface area contributed by atoms with E-state index in [1.165, 1.54) is 12.8 Å². The van der Waals surface area contributed by atoms with E-state index in [-0.39, 0.29) is 0 Å². The fourth-order valence-corrected chi connectivity index (χ4v) is 2.50. The highest BCUT2D eigenvalue weighted by atomic mass is 16.5. The summed E-state index contributed by atoms with van der Waals surface area (Å²) >= 11 is 0. The summed E-state index contributed by atoms with van der Waals surface area (Å²) in [6, 6.07) is 6.43. The molecule has 2 unspecified atom stereocenters. The van der Waals surface area contributed by atoms with Crippen LogP contribution in [0.3, 0.4) is 0 Å². The summed E-state index contributed by atoms with van der Waals surface area (Å²) < 4.78 is 5.81. The number of nitrogens with one attached hydrogen (secondary N) is 2. The number of nitrogens with zero attached hydrogens (tertiary/aromatic N) is 1. The van der Waals surface area contributed by atoms with Crippen molar-refractivity contribution in [2.75, 3.05) is 24.3 Å². The van der Waals surface area contributed by atoms with Crippen LogP contribution in [0.1, 0.15) is 19.3 Å². The largest absolute Gasteiger partial charge is 0.376 e. The molecular formula is C13H19N3O. The van der Waals surface area contributed by atoms with E-state index >= 15 is 0 Å². The zero-order valence-electron chi connectivity index (χ0n) is 10.1. The maximum Gasteiger partial charge on any atom is 0.128 e. The van der Waals surface area contributed by atoms with Crippen LogP contribution in [0.15, 0.2) is 18.2 Å². The zero-order chi connectivity index (χ0) is 11.7. The minimum atomic E-state index is 0.398. The van der Waals surface area contributed by atoms with Gasteiger partial charge in [-0.05, 0) is 37.3 Å². The van der Waals surface area contributed by atoms with Gasteiger partial charge in [0, 0.05) is 13.7 Å². The Morgan fingerprint density at radius 2 is 2.06 bits per heavy atom. The number of hydrogen-bond acceptors (Lipinski definition) is 4. The molecule has 92 valence electrons. The summed E-state index contributed by atoms with van der Waals surface area (Å²) in [5.41, 5.74) is 0. The smallest absolute Gasteiger partial charge is 0.128 e. The standard InChI is InChI=1S/C13H19N3O/c1-14-11-3-2-4-12(16-11)15-10-7-8-17-13(10)9-5-6-9/h2-4,9-10,13H,5-8H2,1H3,(H2,14,15,16). The quantitative estimate of drug-likeness (QED) is 0.836. The third-order valence-electron chi connectivity index (χ3n) is 3.56. The second-order valence-corrected chi connectivity index (χ2v) is 4.87. The number of rotatable bonds is 4. The number of anilines is 2. The molecule has 2 fully saturated rings. The van der Waals surface area contributed by atoms with Crippen LogP contribution in [-0.2, 0) is 4.74 Å². The molecule has 0 amide bonds. The molecule has 2 atom stereocenters. The first kappa shape index (κ1) is 10.8. The molecule has 0 spiro atoms. The Bertz CT molecular complexity index is 392. The van der Waals surface area contributed by atoms with Gasteiger partial charge >= 0.3 is 0 Å². The van der Waals surface area contributed by atoms with Crippen molar-refractivity contribution < 1.29 is 4.74 Å². The Labute approximate surface area is 102 Å². The molecule has 1 saturated heterocycles. The molecule has 0 radical (unpaired) electrons. The van der Waals surface area contributed by atoms with E-state index in [4.69, 9.17) is 4.74 Å². The van der Waals surface area contributed by atoms with Crippen LogP contribution in [0.5, 0.6) is 0 Å². The summed E-state index contributed by atoms with van der Waals surface area (Å²) in [4.78, 5) is 4.49. The Kier molecular flexibility index (Phi) is 2.89. The SMILES string of the molecule is CNc1cccc(NC2CCOC2C2CC2)n1. The maximum absolute atomic E-state index is 5.81. The average molecular weight is 233 g/mol. The van der Waals surface area contributed by atoms with Crippen LogP contribution in [0.25, 0.3) is 0 Å². The molecule has 2 aliphatic rings. The minimum absolute atomic E-state index is 0.398. The van der Waals surface area contributed by atoms with Gasteiger partial charge in [-0.3, -0.25) is 0 Å². The average Bonchev–Trinajstić information content (AvgIpc) is 3.11. The van der Waals surface area contributed by atoms with Gasteiger partial charge in [0.05, 0.1) is 12.1 Å². The van der Waals surface area contributed by atoms with Gasteiger partial charge < -0.3 is 15.4 Å². The molecule has 1 aromatic rings. The van der Waals surface area contributed by atoms with E-state index in [0.717, 1.165) is 30.6 Å². The zero-order valence-corrected chi connectivity index (χ0v) is 10.1. The molecule has 4 heteroatoms. The Balaban J connectivity index is 1.68. The van der Waals surface area contributed by atoms with Crippen LogP contribution >= 0.6 is 0 Å². The second-order valence-electron chi connectivity index (χ2n) is 4.87. The fourth-order valence-electron chi connectivity index (χ4n) is 2.50. The lowest BCUT2D eigenvalue weighted by atomic mass is 10.1. The third-order valence-corrected chi connectivity index (χ3v) is 3.56.